The van der Waals surface area contributed by atoms with Gasteiger partial charge in [-0.3, -0.25) is 0 Å². The first-order valence-corrected chi connectivity index (χ1v) is 7.29. The Hall–Kier alpha value is -1.96. The van der Waals surface area contributed by atoms with Crippen LogP contribution in [0.3, 0.4) is 0 Å². The van der Waals surface area contributed by atoms with Crippen molar-refractivity contribution in [1.82, 2.24) is 0 Å². The van der Waals surface area contributed by atoms with E-state index in [0.29, 0.717) is 0 Å². The standard InChI is InChI=1S/C18H21NO/c20-19-18(15-17-12-5-2-6-13-17)14-8-7-11-16-9-3-1-4-10-16/h1-6,9-10,12-13,18H,7-8,11,14-15H2. The second-order valence-corrected chi connectivity index (χ2v) is 5.18. The van der Waals surface area contributed by atoms with E-state index in [1.165, 1.54) is 11.1 Å². The van der Waals surface area contributed by atoms with Crippen LogP contribution in [0.4, 0.5) is 0 Å². The summed E-state index contributed by atoms with van der Waals surface area (Å²) in [6.45, 7) is 0. The zero-order chi connectivity index (χ0) is 14.0. The average molecular weight is 267 g/mol. The van der Waals surface area contributed by atoms with E-state index >= 15 is 0 Å². The minimum atomic E-state index is -0.0897. The summed E-state index contributed by atoms with van der Waals surface area (Å²) in [5, 5.41) is 3.28. The van der Waals surface area contributed by atoms with Gasteiger partial charge in [-0.25, -0.2) is 0 Å². The van der Waals surface area contributed by atoms with Crippen LogP contribution in [0.2, 0.25) is 0 Å². The lowest BCUT2D eigenvalue weighted by atomic mass is 10.00. The van der Waals surface area contributed by atoms with Gasteiger partial charge in [-0.1, -0.05) is 72.3 Å². The Bertz CT molecular complexity index is 495. The average Bonchev–Trinajstić information content (AvgIpc) is 2.52. The number of aryl methyl sites for hydroxylation is 1. The normalized spacial score (nSPS) is 12.0. The summed E-state index contributed by atoms with van der Waals surface area (Å²) in [6.07, 6.45) is 4.89. The smallest absolute Gasteiger partial charge is 0.0959 e. The molecule has 2 heteroatoms. The van der Waals surface area contributed by atoms with Crippen molar-refractivity contribution < 1.29 is 0 Å². The van der Waals surface area contributed by atoms with E-state index in [0.717, 1.165) is 32.1 Å². The molecule has 0 aliphatic carbocycles. The zero-order valence-electron chi connectivity index (χ0n) is 11.7. The largest absolute Gasteiger partial charge is 0.151 e. The van der Waals surface area contributed by atoms with Crippen LogP contribution in [0, 0.1) is 4.91 Å². The summed E-state index contributed by atoms with van der Waals surface area (Å²) >= 11 is 0. The molecule has 0 N–H and O–H groups in total. The van der Waals surface area contributed by atoms with E-state index in [4.69, 9.17) is 0 Å². The molecule has 2 aromatic carbocycles. The Kier molecular flexibility index (Phi) is 5.97. The van der Waals surface area contributed by atoms with Crippen LogP contribution in [0.25, 0.3) is 0 Å². The molecule has 0 heterocycles. The highest BCUT2D eigenvalue weighted by Crippen LogP contribution is 2.13. The fourth-order valence-corrected chi connectivity index (χ4v) is 2.43. The van der Waals surface area contributed by atoms with Gasteiger partial charge in [-0.2, -0.15) is 4.91 Å². The van der Waals surface area contributed by atoms with E-state index in [9.17, 15) is 4.91 Å². The molecule has 0 spiro atoms. The molecule has 0 bridgehead atoms. The predicted octanol–water partition coefficient (Wildman–Crippen LogP) is 4.78. The molecule has 2 nitrogen and oxygen atoms in total. The SMILES string of the molecule is O=NC(CCCCc1ccccc1)Cc1ccccc1. The van der Waals surface area contributed by atoms with Gasteiger partial charge in [0, 0.05) is 0 Å². The van der Waals surface area contributed by atoms with Gasteiger partial charge in [0.2, 0.25) is 0 Å². The van der Waals surface area contributed by atoms with Gasteiger partial charge in [0.05, 0.1) is 6.04 Å². The van der Waals surface area contributed by atoms with Crippen molar-refractivity contribution in [2.24, 2.45) is 5.18 Å². The predicted molar refractivity (Wildman–Crippen MR) is 83.7 cm³/mol. The Labute approximate surface area is 120 Å². The first-order chi connectivity index (χ1) is 9.88. The molecule has 0 fully saturated rings. The number of benzene rings is 2. The molecule has 1 atom stereocenters. The van der Waals surface area contributed by atoms with Crippen LogP contribution in [0.15, 0.2) is 65.8 Å². The van der Waals surface area contributed by atoms with Crippen LogP contribution < -0.4 is 0 Å². The van der Waals surface area contributed by atoms with Crippen LogP contribution >= 0.6 is 0 Å². The summed E-state index contributed by atoms with van der Waals surface area (Å²) in [5.74, 6) is 0. The summed E-state index contributed by atoms with van der Waals surface area (Å²) in [5.41, 5.74) is 2.56. The Morgan fingerprint density at radius 1 is 0.800 bits per heavy atom. The summed E-state index contributed by atoms with van der Waals surface area (Å²) in [7, 11) is 0. The maximum atomic E-state index is 10.9. The van der Waals surface area contributed by atoms with Crippen LogP contribution in [-0.2, 0) is 12.8 Å². The van der Waals surface area contributed by atoms with Crippen LogP contribution in [0.5, 0.6) is 0 Å². The topological polar surface area (TPSA) is 29.4 Å². The summed E-state index contributed by atoms with van der Waals surface area (Å²) < 4.78 is 0. The molecule has 1 unspecified atom stereocenters. The van der Waals surface area contributed by atoms with E-state index in [1.54, 1.807) is 0 Å². The van der Waals surface area contributed by atoms with Gasteiger partial charge in [0.25, 0.3) is 0 Å². The van der Waals surface area contributed by atoms with Gasteiger partial charge >= 0.3 is 0 Å². The van der Waals surface area contributed by atoms with Crippen molar-refractivity contribution >= 4 is 0 Å². The lowest BCUT2D eigenvalue weighted by molar-refractivity contribution is 0.560. The fraction of sp³-hybridized carbons (Fsp3) is 0.333. The number of unbranched alkanes of at least 4 members (excludes halogenated alkanes) is 1. The van der Waals surface area contributed by atoms with E-state index in [-0.39, 0.29) is 6.04 Å². The Morgan fingerprint density at radius 2 is 1.40 bits per heavy atom. The van der Waals surface area contributed by atoms with E-state index < -0.39 is 0 Å². The molecule has 0 aliphatic rings. The number of hydrogen-bond donors (Lipinski definition) is 0. The highest BCUT2D eigenvalue weighted by molar-refractivity contribution is 5.16. The molecule has 0 saturated heterocycles. The lowest BCUT2D eigenvalue weighted by Crippen LogP contribution is -2.07. The monoisotopic (exact) mass is 267 g/mol. The minimum Gasteiger partial charge on any atom is -0.151 e. The minimum absolute atomic E-state index is 0.0897. The summed E-state index contributed by atoms with van der Waals surface area (Å²) in [4.78, 5) is 10.9. The first-order valence-electron chi connectivity index (χ1n) is 7.29. The maximum absolute atomic E-state index is 10.9. The van der Waals surface area contributed by atoms with Crippen molar-refractivity contribution in [2.75, 3.05) is 0 Å². The highest BCUT2D eigenvalue weighted by atomic mass is 16.3. The molecule has 0 aromatic heterocycles. The first kappa shape index (κ1) is 14.4. The molecule has 20 heavy (non-hydrogen) atoms. The Morgan fingerprint density at radius 3 is 2.00 bits per heavy atom. The molecule has 104 valence electrons. The number of nitroso groups, excluding NO2 is 1. The fourth-order valence-electron chi connectivity index (χ4n) is 2.43. The molecule has 0 radical (unpaired) electrons. The molecule has 0 amide bonds. The van der Waals surface area contributed by atoms with Crippen LogP contribution in [0.1, 0.15) is 30.4 Å². The third kappa shape index (κ3) is 4.96. The van der Waals surface area contributed by atoms with Gasteiger partial charge in [-0.05, 0) is 36.8 Å². The van der Waals surface area contributed by atoms with Crippen molar-refractivity contribution in [1.29, 1.82) is 0 Å². The van der Waals surface area contributed by atoms with E-state index in [2.05, 4.69) is 41.6 Å². The molecular weight excluding hydrogens is 246 g/mol. The van der Waals surface area contributed by atoms with Crippen molar-refractivity contribution in [3.05, 3.63) is 76.7 Å². The van der Waals surface area contributed by atoms with Crippen molar-refractivity contribution in [3.8, 4) is 0 Å². The molecule has 2 rings (SSSR count). The summed E-state index contributed by atoms with van der Waals surface area (Å²) in [6, 6.07) is 20.5. The highest BCUT2D eigenvalue weighted by Gasteiger charge is 2.09. The van der Waals surface area contributed by atoms with Crippen molar-refractivity contribution in [3.63, 3.8) is 0 Å². The number of hydrogen-bond acceptors (Lipinski definition) is 2. The van der Waals surface area contributed by atoms with E-state index in [1.807, 2.05) is 24.3 Å². The Balaban J connectivity index is 1.70. The molecule has 0 saturated carbocycles. The second-order valence-electron chi connectivity index (χ2n) is 5.18. The third-order valence-electron chi connectivity index (χ3n) is 3.56. The van der Waals surface area contributed by atoms with Crippen LogP contribution in [-0.4, -0.2) is 6.04 Å². The quantitative estimate of drug-likeness (QED) is 0.500. The molecular formula is C18H21NO. The second kappa shape index (κ2) is 8.26. The zero-order valence-corrected chi connectivity index (χ0v) is 11.7. The lowest BCUT2D eigenvalue weighted by Gasteiger charge is -2.09. The third-order valence-corrected chi connectivity index (χ3v) is 3.56. The van der Waals surface area contributed by atoms with Gasteiger partial charge < -0.3 is 0 Å². The van der Waals surface area contributed by atoms with Gasteiger partial charge in [0.15, 0.2) is 0 Å². The maximum Gasteiger partial charge on any atom is 0.0959 e. The van der Waals surface area contributed by atoms with Gasteiger partial charge in [-0.15, -0.1) is 0 Å². The molecule has 2 aromatic rings. The van der Waals surface area contributed by atoms with Gasteiger partial charge in [0.1, 0.15) is 0 Å². The number of rotatable bonds is 8. The number of nitrogens with zero attached hydrogens (tertiary/aromatic N) is 1. The van der Waals surface area contributed by atoms with Crippen molar-refractivity contribution in [2.45, 2.75) is 38.1 Å². The molecule has 0 aliphatic heterocycles.